The number of hydrogen-bond donors (Lipinski definition) is 1. The molecule has 5 heteroatoms. The molecular weight excluding hydrogens is 289 g/mol. The fourth-order valence-electron chi connectivity index (χ4n) is 1.52. The quantitative estimate of drug-likeness (QED) is 0.925. The molecule has 0 unspecified atom stereocenters. The van der Waals surface area contributed by atoms with Gasteiger partial charge < -0.3 is 5.73 Å². The van der Waals surface area contributed by atoms with Gasteiger partial charge in [0.25, 0.3) is 0 Å². The van der Waals surface area contributed by atoms with E-state index in [9.17, 15) is 0 Å². The molecule has 3 nitrogen and oxygen atoms in total. The Labute approximate surface area is 107 Å². The van der Waals surface area contributed by atoms with E-state index >= 15 is 0 Å². The minimum Gasteiger partial charge on any atom is -0.384 e. The minimum absolute atomic E-state index is 0.612. The lowest BCUT2D eigenvalue weighted by atomic mass is 10.2. The average molecular weight is 301 g/mol. The highest BCUT2D eigenvalue weighted by molar-refractivity contribution is 9.10. The number of hydrogen-bond acceptors (Lipinski definition) is 2. The number of halogens is 2. The van der Waals surface area contributed by atoms with E-state index in [1.165, 1.54) is 0 Å². The van der Waals surface area contributed by atoms with Crippen molar-refractivity contribution < 1.29 is 0 Å². The maximum absolute atomic E-state index is 5.95. The molecule has 2 N–H and O–H groups in total. The van der Waals surface area contributed by atoms with Crippen LogP contribution in [0.1, 0.15) is 11.3 Å². The molecule has 0 amide bonds. The standard InChI is InChI=1S/C11H11BrClN3/c1-7-4-11(14)16(15-7)6-8-5-9(13)2-3-10(8)12/h2-5H,6,14H2,1H3. The van der Waals surface area contributed by atoms with E-state index in [1.807, 2.05) is 31.2 Å². The van der Waals surface area contributed by atoms with E-state index in [-0.39, 0.29) is 0 Å². The highest BCUT2D eigenvalue weighted by Crippen LogP contribution is 2.22. The number of aromatic nitrogens is 2. The van der Waals surface area contributed by atoms with Gasteiger partial charge in [-0.1, -0.05) is 27.5 Å². The van der Waals surface area contributed by atoms with Crippen molar-refractivity contribution in [3.8, 4) is 0 Å². The number of benzene rings is 1. The molecule has 0 bridgehead atoms. The summed E-state index contributed by atoms with van der Waals surface area (Å²) in [5.74, 6) is 0.657. The lowest BCUT2D eigenvalue weighted by Crippen LogP contribution is -2.06. The highest BCUT2D eigenvalue weighted by Gasteiger charge is 2.06. The third-order valence-corrected chi connectivity index (χ3v) is 3.27. The number of nitrogens with two attached hydrogens (primary N) is 1. The van der Waals surface area contributed by atoms with Crippen LogP contribution in [0.3, 0.4) is 0 Å². The fourth-order valence-corrected chi connectivity index (χ4v) is 2.08. The zero-order valence-electron chi connectivity index (χ0n) is 8.74. The van der Waals surface area contributed by atoms with Crippen molar-refractivity contribution in [1.29, 1.82) is 0 Å². The molecule has 0 aliphatic heterocycles. The Kier molecular flexibility index (Phi) is 3.21. The highest BCUT2D eigenvalue weighted by atomic mass is 79.9. The number of rotatable bonds is 2. The molecule has 0 fully saturated rings. The van der Waals surface area contributed by atoms with Crippen LogP contribution in [0.4, 0.5) is 5.82 Å². The van der Waals surface area contributed by atoms with Gasteiger partial charge in [-0.2, -0.15) is 5.10 Å². The first-order valence-corrected chi connectivity index (χ1v) is 5.97. The zero-order chi connectivity index (χ0) is 11.7. The summed E-state index contributed by atoms with van der Waals surface area (Å²) in [5.41, 5.74) is 7.80. The van der Waals surface area contributed by atoms with E-state index in [4.69, 9.17) is 17.3 Å². The molecule has 0 saturated carbocycles. The van der Waals surface area contributed by atoms with Crippen molar-refractivity contribution in [3.05, 3.63) is 45.0 Å². The Balaban J connectivity index is 2.33. The summed E-state index contributed by atoms with van der Waals surface area (Å²) < 4.78 is 2.76. The lowest BCUT2D eigenvalue weighted by molar-refractivity contribution is 0.687. The predicted octanol–water partition coefficient (Wildman–Crippen LogP) is 3.24. The molecule has 2 rings (SSSR count). The molecule has 0 radical (unpaired) electrons. The summed E-state index contributed by atoms with van der Waals surface area (Å²) >= 11 is 9.43. The summed E-state index contributed by atoms with van der Waals surface area (Å²) in [7, 11) is 0. The first-order chi connectivity index (χ1) is 7.56. The zero-order valence-corrected chi connectivity index (χ0v) is 11.1. The smallest absolute Gasteiger partial charge is 0.122 e. The summed E-state index contributed by atoms with van der Waals surface area (Å²) in [5, 5.41) is 5.01. The third-order valence-electron chi connectivity index (χ3n) is 2.26. The largest absolute Gasteiger partial charge is 0.384 e. The Hall–Kier alpha value is -1.000. The van der Waals surface area contributed by atoms with Crippen molar-refractivity contribution in [2.24, 2.45) is 0 Å². The van der Waals surface area contributed by atoms with Crippen molar-refractivity contribution in [2.45, 2.75) is 13.5 Å². The van der Waals surface area contributed by atoms with Gasteiger partial charge in [-0.15, -0.1) is 0 Å². The van der Waals surface area contributed by atoms with Crippen molar-refractivity contribution >= 4 is 33.3 Å². The van der Waals surface area contributed by atoms with Crippen molar-refractivity contribution in [1.82, 2.24) is 9.78 Å². The molecule has 0 saturated heterocycles. The van der Waals surface area contributed by atoms with Crippen LogP contribution in [0.25, 0.3) is 0 Å². The number of nitrogens with zero attached hydrogens (tertiary/aromatic N) is 2. The second kappa shape index (κ2) is 4.47. The number of anilines is 1. The average Bonchev–Trinajstić information content (AvgIpc) is 2.51. The first-order valence-electron chi connectivity index (χ1n) is 4.80. The Bertz CT molecular complexity index is 522. The normalized spacial score (nSPS) is 10.7. The number of nitrogen functional groups attached to an aromatic ring is 1. The van der Waals surface area contributed by atoms with Crippen LogP contribution in [0, 0.1) is 6.92 Å². The molecule has 0 aliphatic carbocycles. The first kappa shape index (κ1) is 11.5. The summed E-state index contributed by atoms with van der Waals surface area (Å²) in [4.78, 5) is 0. The van der Waals surface area contributed by atoms with Gasteiger partial charge in [-0.25, -0.2) is 4.68 Å². The SMILES string of the molecule is Cc1cc(N)n(Cc2cc(Cl)ccc2Br)n1. The molecule has 84 valence electrons. The van der Waals surface area contributed by atoms with Crippen LogP contribution in [0.5, 0.6) is 0 Å². The molecule has 0 aliphatic rings. The van der Waals surface area contributed by atoms with Crippen molar-refractivity contribution in [2.75, 3.05) is 5.73 Å². The number of aryl methyl sites for hydroxylation is 1. The van der Waals surface area contributed by atoms with Gasteiger partial charge in [0.15, 0.2) is 0 Å². The topological polar surface area (TPSA) is 43.8 Å². The second-order valence-corrected chi connectivity index (χ2v) is 4.89. The summed E-state index contributed by atoms with van der Waals surface area (Å²) in [6.07, 6.45) is 0. The molecule has 1 aromatic heterocycles. The monoisotopic (exact) mass is 299 g/mol. The summed E-state index contributed by atoms with van der Waals surface area (Å²) in [6, 6.07) is 7.51. The predicted molar refractivity (Wildman–Crippen MR) is 69.6 cm³/mol. The molecule has 1 aromatic carbocycles. The Morgan fingerprint density at radius 2 is 2.19 bits per heavy atom. The summed E-state index contributed by atoms with van der Waals surface area (Å²) in [6.45, 7) is 2.53. The lowest BCUT2D eigenvalue weighted by Gasteiger charge is -2.07. The van der Waals surface area contributed by atoms with E-state index in [0.717, 1.165) is 15.7 Å². The van der Waals surface area contributed by atoms with E-state index < -0.39 is 0 Å². The molecule has 2 aromatic rings. The van der Waals surface area contributed by atoms with Gasteiger partial charge in [-0.05, 0) is 30.7 Å². The van der Waals surface area contributed by atoms with Crippen LogP contribution < -0.4 is 5.73 Å². The van der Waals surface area contributed by atoms with Crippen molar-refractivity contribution in [3.63, 3.8) is 0 Å². The van der Waals surface area contributed by atoms with Gasteiger partial charge in [0.05, 0.1) is 12.2 Å². The fraction of sp³-hybridized carbons (Fsp3) is 0.182. The van der Waals surface area contributed by atoms with E-state index in [2.05, 4.69) is 21.0 Å². The van der Waals surface area contributed by atoms with Crippen LogP contribution in [-0.4, -0.2) is 9.78 Å². The van der Waals surface area contributed by atoms with Crippen LogP contribution in [-0.2, 0) is 6.54 Å². The maximum atomic E-state index is 5.95. The Morgan fingerprint density at radius 3 is 2.81 bits per heavy atom. The molecular formula is C11H11BrClN3. The van der Waals surface area contributed by atoms with Gasteiger partial charge >= 0.3 is 0 Å². The second-order valence-electron chi connectivity index (χ2n) is 3.60. The van der Waals surface area contributed by atoms with Gasteiger partial charge in [0, 0.05) is 15.6 Å². The van der Waals surface area contributed by atoms with Gasteiger partial charge in [-0.3, -0.25) is 0 Å². The minimum atomic E-state index is 0.612. The Morgan fingerprint density at radius 1 is 1.44 bits per heavy atom. The molecule has 16 heavy (non-hydrogen) atoms. The third kappa shape index (κ3) is 2.39. The van der Waals surface area contributed by atoms with E-state index in [1.54, 1.807) is 4.68 Å². The van der Waals surface area contributed by atoms with Crippen LogP contribution >= 0.6 is 27.5 Å². The maximum Gasteiger partial charge on any atom is 0.122 e. The molecule has 1 heterocycles. The van der Waals surface area contributed by atoms with Gasteiger partial charge in [0.1, 0.15) is 5.82 Å². The van der Waals surface area contributed by atoms with Crippen LogP contribution in [0.15, 0.2) is 28.7 Å². The molecule has 0 atom stereocenters. The van der Waals surface area contributed by atoms with Gasteiger partial charge in [0.2, 0.25) is 0 Å². The van der Waals surface area contributed by atoms with Crippen LogP contribution in [0.2, 0.25) is 5.02 Å². The van der Waals surface area contributed by atoms with E-state index in [0.29, 0.717) is 17.4 Å². The molecule has 0 spiro atoms.